The van der Waals surface area contributed by atoms with Gasteiger partial charge in [0.05, 0.1) is 0 Å². The van der Waals surface area contributed by atoms with Crippen molar-refractivity contribution in [3.05, 3.63) is 0 Å². The average Bonchev–Trinajstić information content (AvgIpc) is 3.30. The van der Waals surface area contributed by atoms with E-state index in [1.54, 1.807) is 0 Å². The topological polar surface area (TPSA) is 78.9 Å². The van der Waals surface area contributed by atoms with Gasteiger partial charge in [0, 0.05) is 19.3 Å². The molecule has 0 aromatic carbocycles. The van der Waals surface area contributed by atoms with Crippen LogP contribution in [-0.2, 0) is 28.6 Å². The summed E-state index contributed by atoms with van der Waals surface area (Å²) in [6, 6.07) is 0. The van der Waals surface area contributed by atoms with E-state index < -0.39 is 6.10 Å². The first-order valence-corrected chi connectivity index (χ1v) is 29.8. The summed E-state index contributed by atoms with van der Waals surface area (Å²) in [5, 5.41) is 0. The Hall–Kier alpha value is -1.59. The maximum absolute atomic E-state index is 12.8. The van der Waals surface area contributed by atoms with Gasteiger partial charge in [0.2, 0.25) is 0 Å². The number of hydrogen-bond acceptors (Lipinski definition) is 6. The summed E-state index contributed by atoms with van der Waals surface area (Å²) in [6.07, 6.45) is 56.7. The molecular formula is C60H116O6. The molecule has 0 N–H and O–H groups in total. The Morgan fingerprint density at radius 3 is 0.864 bits per heavy atom. The first-order chi connectivity index (χ1) is 32.3. The van der Waals surface area contributed by atoms with Crippen molar-refractivity contribution in [3.63, 3.8) is 0 Å². The summed E-state index contributed by atoms with van der Waals surface area (Å²) in [5.41, 5.74) is 0. The van der Waals surface area contributed by atoms with Crippen LogP contribution in [0.3, 0.4) is 0 Å². The Morgan fingerprint density at radius 2 is 0.576 bits per heavy atom. The smallest absolute Gasteiger partial charge is 0.306 e. The minimum atomic E-state index is -0.762. The Balaban J connectivity index is 4.20. The molecule has 0 saturated heterocycles. The second-order valence-corrected chi connectivity index (χ2v) is 21.4. The molecule has 6 nitrogen and oxygen atoms in total. The highest BCUT2D eigenvalue weighted by Crippen LogP contribution is 2.19. The molecule has 0 heterocycles. The molecule has 0 saturated carbocycles. The minimum absolute atomic E-state index is 0.0625. The van der Waals surface area contributed by atoms with Crippen LogP contribution in [0.4, 0.5) is 0 Å². The van der Waals surface area contributed by atoms with Gasteiger partial charge in [-0.25, -0.2) is 0 Å². The van der Waals surface area contributed by atoms with Crippen LogP contribution in [0.5, 0.6) is 0 Å². The Morgan fingerprint density at radius 1 is 0.318 bits per heavy atom. The van der Waals surface area contributed by atoms with Crippen LogP contribution in [0.1, 0.15) is 336 Å². The molecular weight excluding hydrogens is 817 g/mol. The van der Waals surface area contributed by atoms with Gasteiger partial charge in [-0.3, -0.25) is 14.4 Å². The van der Waals surface area contributed by atoms with E-state index in [4.69, 9.17) is 14.2 Å². The maximum atomic E-state index is 12.8. The summed E-state index contributed by atoms with van der Waals surface area (Å²) in [6.45, 7) is 11.5. The van der Waals surface area contributed by atoms with Crippen molar-refractivity contribution in [1.82, 2.24) is 0 Å². The van der Waals surface area contributed by atoms with Crippen molar-refractivity contribution < 1.29 is 28.6 Å². The largest absolute Gasteiger partial charge is 0.462 e. The van der Waals surface area contributed by atoms with Gasteiger partial charge < -0.3 is 14.2 Å². The third-order valence-corrected chi connectivity index (χ3v) is 14.1. The van der Waals surface area contributed by atoms with Crippen LogP contribution in [0.2, 0.25) is 0 Å². The van der Waals surface area contributed by atoms with Crippen LogP contribution in [0, 0.1) is 11.8 Å². The van der Waals surface area contributed by atoms with Crippen molar-refractivity contribution in [2.75, 3.05) is 13.2 Å². The van der Waals surface area contributed by atoms with Crippen molar-refractivity contribution in [2.45, 2.75) is 343 Å². The predicted octanol–water partition coefficient (Wildman–Crippen LogP) is 19.7. The van der Waals surface area contributed by atoms with Gasteiger partial charge in [-0.2, -0.15) is 0 Å². The number of unbranched alkanes of at least 4 members (excludes halogenated alkanes) is 38. The van der Waals surface area contributed by atoms with Crippen LogP contribution >= 0.6 is 0 Å². The summed E-state index contributed by atoms with van der Waals surface area (Å²) >= 11 is 0. The zero-order valence-corrected chi connectivity index (χ0v) is 45.3. The van der Waals surface area contributed by atoms with Crippen LogP contribution in [0.25, 0.3) is 0 Å². The fourth-order valence-corrected chi connectivity index (χ4v) is 9.20. The van der Waals surface area contributed by atoms with E-state index in [2.05, 4.69) is 34.6 Å². The van der Waals surface area contributed by atoms with Gasteiger partial charge in [-0.1, -0.05) is 298 Å². The predicted molar refractivity (Wildman–Crippen MR) is 284 cm³/mol. The monoisotopic (exact) mass is 933 g/mol. The van der Waals surface area contributed by atoms with Crippen LogP contribution in [-0.4, -0.2) is 37.2 Å². The standard InChI is InChI=1S/C60H116O6/c1-6-8-9-10-11-12-23-32-37-42-47-52-60(63)66-57(54-65-59(62)51-46-41-36-31-27-22-21-24-28-33-38-43-48-55(3)4)53-64-58(61)50-45-40-35-30-26-20-18-16-14-13-15-17-19-25-29-34-39-44-49-56(5)7-2/h55-57H,6-54H2,1-5H3/t56?,57-/m0/s1. The van der Waals surface area contributed by atoms with Gasteiger partial charge in [-0.05, 0) is 31.1 Å². The molecule has 2 atom stereocenters. The lowest BCUT2D eigenvalue weighted by Gasteiger charge is -2.18. The molecule has 0 amide bonds. The van der Waals surface area contributed by atoms with Crippen molar-refractivity contribution in [2.24, 2.45) is 11.8 Å². The lowest BCUT2D eigenvalue weighted by atomic mass is 9.99. The number of rotatable bonds is 54. The summed E-state index contributed by atoms with van der Waals surface area (Å²) in [4.78, 5) is 38.1. The van der Waals surface area contributed by atoms with Gasteiger partial charge in [0.15, 0.2) is 6.10 Å². The average molecular weight is 934 g/mol. The van der Waals surface area contributed by atoms with E-state index in [-0.39, 0.29) is 31.1 Å². The Bertz CT molecular complexity index is 1010. The molecule has 66 heavy (non-hydrogen) atoms. The zero-order valence-electron chi connectivity index (χ0n) is 45.3. The molecule has 0 aromatic heterocycles. The third-order valence-electron chi connectivity index (χ3n) is 14.1. The Labute approximate surface area is 412 Å². The number of esters is 3. The molecule has 0 aliphatic rings. The minimum Gasteiger partial charge on any atom is -0.462 e. The highest BCUT2D eigenvalue weighted by Gasteiger charge is 2.19. The highest BCUT2D eigenvalue weighted by molar-refractivity contribution is 5.71. The molecule has 0 radical (unpaired) electrons. The Kier molecular flexibility index (Phi) is 51.5. The van der Waals surface area contributed by atoms with Crippen LogP contribution < -0.4 is 0 Å². The maximum Gasteiger partial charge on any atom is 0.306 e. The van der Waals surface area contributed by atoms with Crippen molar-refractivity contribution in [1.29, 1.82) is 0 Å². The molecule has 0 aliphatic carbocycles. The number of carbonyl (C=O) groups is 3. The van der Waals surface area contributed by atoms with Crippen molar-refractivity contribution >= 4 is 17.9 Å². The molecule has 0 spiro atoms. The highest BCUT2D eigenvalue weighted by atomic mass is 16.6. The molecule has 6 heteroatoms. The molecule has 0 aromatic rings. The number of carbonyl (C=O) groups excluding carboxylic acids is 3. The molecule has 0 fully saturated rings. The number of ether oxygens (including phenoxy) is 3. The fourth-order valence-electron chi connectivity index (χ4n) is 9.20. The lowest BCUT2D eigenvalue weighted by Crippen LogP contribution is -2.30. The molecule has 0 bridgehead atoms. The van der Waals surface area contributed by atoms with E-state index in [0.717, 1.165) is 69.6 Å². The van der Waals surface area contributed by atoms with E-state index in [1.807, 2.05) is 0 Å². The normalized spacial score (nSPS) is 12.5. The summed E-state index contributed by atoms with van der Waals surface area (Å²) in [7, 11) is 0. The molecule has 0 aliphatic heterocycles. The second-order valence-electron chi connectivity index (χ2n) is 21.4. The quantitative estimate of drug-likeness (QED) is 0.0343. The molecule has 392 valence electrons. The lowest BCUT2D eigenvalue weighted by molar-refractivity contribution is -0.167. The van der Waals surface area contributed by atoms with Gasteiger partial charge in [0.25, 0.3) is 0 Å². The van der Waals surface area contributed by atoms with E-state index in [1.165, 1.54) is 225 Å². The third kappa shape index (κ3) is 51.8. The summed E-state index contributed by atoms with van der Waals surface area (Å²) in [5.74, 6) is 0.905. The van der Waals surface area contributed by atoms with Gasteiger partial charge in [0.1, 0.15) is 13.2 Å². The SMILES string of the molecule is CCCCCCCCCCCCCC(=O)O[C@@H](COC(=O)CCCCCCCCCCCCCCCCCCCCC(C)CC)COC(=O)CCCCCCCCCCCCCCC(C)C. The van der Waals surface area contributed by atoms with Gasteiger partial charge in [-0.15, -0.1) is 0 Å². The molecule has 1 unspecified atom stereocenters. The summed E-state index contributed by atoms with van der Waals surface area (Å²) < 4.78 is 16.9. The first kappa shape index (κ1) is 64.4. The zero-order chi connectivity index (χ0) is 48.2. The molecule has 0 rings (SSSR count). The number of hydrogen-bond donors (Lipinski definition) is 0. The van der Waals surface area contributed by atoms with E-state index >= 15 is 0 Å². The van der Waals surface area contributed by atoms with E-state index in [0.29, 0.717) is 19.3 Å². The van der Waals surface area contributed by atoms with Gasteiger partial charge >= 0.3 is 17.9 Å². The fraction of sp³-hybridized carbons (Fsp3) is 0.950. The van der Waals surface area contributed by atoms with Crippen molar-refractivity contribution in [3.8, 4) is 0 Å². The second kappa shape index (κ2) is 52.8. The first-order valence-electron chi connectivity index (χ1n) is 29.8. The van der Waals surface area contributed by atoms with Crippen LogP contribution in [0.15, 0.2) is 0 Å². The van der Waals surface area contributed by atoms with E-state index in [9.17, 15) is 14.4 Å².